The van der Waals surface area contributed by atoms with Crippen LogP contribution in [0.3, 0.4) is 0 Å². The molecule has 35 heavy (non-hydrogen) atoms. The monoisotopic (exact) mass is 488 g/mol. The third kappa shape index (κ3) is 5.73. The van der Waals surface area contributed by atoms with E-state index in [0.29, 0.717) is 40.0 Å². The first-order valence-corrected chi connectivity index (χ1v) is 11.3. The number of aryl methyl sites for hydroxylation is 1. The molecule has 178 valence electrons. The highest BCUT2D eigenvalue weighted by Gasteiger charge is 2.14. The van der Waals surface area contributed by atoms with Crippen LogP contribution in [-0.4, -0.2) is 26.3 Å². The van der Waals surface area contributed by atoms with Crippen LogP contribution in [0.15, 0.2) is 77.9 Å². The van der Waals surface area contributed by atoms with E-state index in [9.17, 15) is 4.79 Å². The Labute approximate surface area is 209 Å². The fraction of sp³-hybridized carbons (Fsp3) is 0.143. The molecular weight excluding hydrogens is 464 g/mol. The van der Waals surface area contributed by atoms with Crippen molar-refractivity contribution in [1.29, 1.82) is 0 Å². The van der Waals surface area contributed by atoms with Gasteiger partial charge in [-0.15, -0.1) is 0 Å². The Bertz CT molecular complexity index is 1400. The van der Waals surface area contributed by atoms with Crippen LogP contribution >= 0.6 is 11.6 Å². The zero-order chi connectivity index (χ0) is 24.8. The predicted octanol–water partition coefficient (Wildman–Crippen LogP) is 6.16. The first-order valence-electron chi connectivity index (χ1n) is 10.9. The number of nitrogens with one attached hydrogen (secondary N) is 1. The highest BCUT2D eigenvalue weighted by Crippen LogP contribution is 2.36. The van der Waals surface area contributed by atoms with Gasteiger partial charge in [-0.1, -0.05) is 65.7 Å². The number of halogens is 1. The molecular formula is C28H25ClN2O4. The van der Waals surface area contributed by atoms with Crippen LogP contribution in [0.25, 0.3) is 10.8 Å². The summed E-state index contributed by atoms with van der Waals surface area (Å²) in [6, 6.07) is 22.8. The van der Waals surface area contributed by atoms with Crippen molar-refractivity contribution in [3.05, 3.63) is 100 Å². The van der Waals surface area contributed by atoms with Gasteiger partial charge < -0.3 is 14.2 Å². The van der Waals surface area contributed by atoms with Crippen LogP contribution in [0.5, 0.6) is 17.2 Å². The quantitative estimate of drug-likeness (QED) is 0.238. The number of hydrogen-bond acceptors (Lipinski definition) is 5. The molecule has 1 N–H and O–H groups in total. The maximum atomic E-state index is 12.8. The van der Waals surface area contributed by atoms with Crippen LogP contribution in [0.4, 0.5) is 0 Å². The molecule has 0 atom stereocenters. The summed E-state index contributed by atoms with van der Waals surface area (Å²) < 4.78 is 16.8. The Morgan fingerprint density at radius 2 is 1.69 bits per heavy atom. The van der Waals surface area contributed by atoms with Crippen LogP contribution in [0.2, 0.25) is 5.02 Å². The molecule has 0 fully saturated rings. The van der Waals surface area contributed by atoms with Crippen molar-refractivity contribution in [3.8, 4) is 17.2 Å². The first-order chi connectivity index (χ1) is 17.0. The zero-order valence-electron chi connectivity index (χ0n) is 19.7. The fourth-order valence-corrected chi connectivity index (χ4v) is 3.98. The van der Waals surface area contributed by atoms with Gasteiger partial charge in [-0.25, -0.2) is 5.43 Å². The standard InChI is InChI=1S/C28H25ClN2O4/c1-18-7-6-8-19(11-18)17-35-27-24(29)12-20(13-26(27)34-3)16-30-31-28(32)23-14-21-9-4-5-10-22(21)15-25(23)33-2/h4-16H,17H2,1-3H3,(H,31,32). The molecule has 0 aromatic heterocycles. The molecule has 0 saturated carbocycles. The highest BCUT2D eigenvalue weighted by atomic mass is 35.5. The molecule has 0 saturated heterocycles. The predicted molar refractivity (Wildman–Crippen MR) is 139 cm³/mol. The van der Waals surface area contributed by atoms with Crippen molar-refractivity contribution >= 4 is 34.5 Å². The van der Waals surface area contributed by atoms with E-state index in [1.807, 2.05) is 55.5 Å². The molecule has 0 aliphatic heterocycles. The molecule has 0 aliphatic rings. The number of methoxy groups -OCH3 is 2. The summed E-state index contributed by atoms with van der Waals surface area (Å²) in [6.07, 6.45) is 1.49. The van der Waals surface area contributed by atoms with Crippen LogP contribution in [-0.2, 0) is 6.61 Å². The fourth-order valence-electron chi connectivity index (χ4n) is 3.70. The minimum absolute atomic E-state index is 0.356. The van der Waals surface area contributed by atoms with Crippen molar-refractivity contribution in [2.24, 2.45) is 5.10 Å². The number of rotatable bonds is 8. The number of benzene rings is 4. The zero-order valence-corrected chi connectivity index (χ0v) is 20.4. The van der Waals surface area contributed by atoms with Crippen molar-refractivity contribution in [2.75, 3.05) is 14.2 Å². The average molecular weight is 489 g/mol. The molecule has 0 spiro atoms. The lowest BCUT2D eigenvalue weighted by Gasteiger charge is -2.13. The smallest absolute Gasteiger partial charge is 0.275 e. The van der Waals surface area contributed by atoms with Gasteiger partial charge in [0, 0.05) is 0 Å². The Morgan fingerprint density at radius 1 is 0.943 bits per heavy atom. The molecule has 6 nitrogen and oxygen atoms in total. The molecule has 0 radical (unpaired) electrons. The summed E-state index contributed by atoms with van der Waals surface area (Å²) in [7, 11) is 3.07. The molecule has 7 heteroatoms. The summed E-state index contributed by atoms with van der Waals surface area (Å²) in [5, 5.41) is 6.38. The Balaban J connectivity index is 1.48. The van der Waals surface area contributed by atoms with Gasteiger partial charge in [-0.2, -0.15) is 5.10 Å². The van der Waals surface area contributed by atoms with Crippen molar-refractivity contribution in [2.45, 2.75) is 13.5 Å². The number of hydrogen-bond donors (Lipinski definition) is 1. The van der Waals surface area contributed by atoms with E-state index < -0.39 is 0 Å². The molecule has 4 rings (SSSR count). The van der Waals surface area contributed by atoms with E-state index in [1.165, 1.54) is 13.3 Å². The van der Waals surface area contributed by atoms with Crippen LogP contribution in [0, 0.1) is 6.92 Å². The number of amides is 1. The van der Waals surface area contributed by atoms with Gasteiger partial charge in [0.15, 0.2) is 11.5 Å². The normalized spacial score (nSPS) is 11.0. The van der Waals surface area contributed by atoms with Gasteiger partial charge in [0.25, 0.3) is 5.91 Å². The Morgan fingerprint density at radius 3 is 2.40 bits per heavy atom. The Hall–Kier alpha value is -4.03. The second kappa shape index (κ2) is 10.9. The number of ether oxygens (including phenoxy) is 3. The van der Waals surface area contributed by atoms with Gasteiger partial charge in [0.05, 0.1) is 31.0 Å². The second-order valence-electron chi connectivity index (χ2n) is 7.91. The lowest BCUT2D eigenvalue weighted by atomic mass is 10.1. The number of nitrogens with zero attached hydrogens (tertiary/aromatic N) is 1. The number of carbonyl (C=O) groups excluding carboxylic acids is 1. The van der Waals surface area contributed by atoms with E-state index in [2.05, 4.69) is 16.6 Å². The second-order valence-corrected chi connectivity index (χ2v) is 8.32. The molecule has 4 aromatic rings. The summed E-state index contributed by atoms with van der Waals surface area (Å²) in [5.41, 5.74) is 5.75. The minimum atomic E-state index is -0.389. The Kier molecular flexibility index (Phi) is 7.53. The van der Waals surface area contributed by atoms with E-state index >= 15 is 0 Å². The van der Waals surface area contributed by atoms with Crippen molar-refractivity contribution in [3.63, 3.8) is 0 Å². The molecule has 0 heterocycles. The summed E-state index contributed by atoms with van der Waals surface area (Å²) >= 11 is 6.47. The molecule has 0 aliphatic carbocycles. The molecule has 4 aromatic carbocycles. The SMILES string of the molecule is COc1cc2ccccc2cc1C(=O)NN=Cc1cc(Cl)c(OCc2cccc(C)c2)c(OC)c1. The lowest BCUT2D eigenvalue weighted by molar-refractivity contribution is 0.0952. The lowest BCUT2D eigenvalue weighted by Crippen LogP contribution is -2.18. The van der Waals surface area contributed by atoms with Gasteiger partial charge >= 0.3 is 0 Å². The molecule has 0 bridgehead atoms. The maximum Gasteiger partial charge on any atom is 0.275 e. The van der Waals surface area contributed by atoms with Crippen molar-refractivity contribution in [1.82, 2.24) is 5.43 Å². The van der Waals surface area contributed by atoms with Gasteiger partial charge in [-0.05, 0) is 53.1 Å². The highest BCUT2D eigenvalue weighted by molar-refractivity contribution is 6.32. The average Bonchev–Trinajstić information content (AvgIpc) is 2.86. The van der Waals surface area contributed by atoms with Crippen molar-refractivity contribution < 1.29 is 19.0 Å². The number of carbonyl (C=O) groups is 1. The third-order valence-electron chi connectivity index (χ3n) is 5.41. The third-order valence-corrected chi connectivity index (χ3v) is 5.69. The number of fused-ring (bicyclic) bond motifs is 1. The van der Waals surface area contributed by atoms with Gasteiger partial charge in [-0.3, -0.25) is 4.79 Å². The molecule has 0 unspecified atom stereocenters. The van der Waals surface area contributed by atoms with Crippen LogP contribution < -0.4 is 19.6 Å². The van der Waals surface area contributed by atoms with E-state index in [0.717, 1.165) is 21.9 Å². The van der Waals surface area contributed by atoms with Gasteiger partial charge in [0.1, 0.15) is 12.4 Å². The minimum Gasteiger partial charge on any atom is -0.496 e. The van der Waals surface area contributed by atoms with Gasteiger partial charge in [0.2, 0.25) is 0 Å². The largest absolute Gasteiger partial charge is 0.496 e. The maximum absolute atomic E-state index is 12.8. The molecule has 1 amide bonds. The first kappa shape index (κ1) is 24.1. The number of hydrazone groups is 1. The summed E-state index contributed by atoms with van der Waals surface area (Å²) in [6.45, 7) is 2.38. The van der Waals surface area contributed by atoms with E-state index in [1.54, 1.807) is 25.3 Å². The summed E-state index contributed by atoms with van der Waals surface area (Å²) in [4.78, 5) is 12.8. The van der Waals surface area contributed by atoms with Crippen LogP contribution in [0.1, 0.15) is 27.0 Å². The topological polar surface area (TPSA) is 69.2 Å². The summed E-state index contributed by atoms with van der Waals surface area (Å²) in [5.74, 6) is 0.989. The van der Waals surface area contributed by atoms with E-state index in [4.69, 9.17) is 25.8 Å². The van der Waals surface area contributed by atoms with E-state index in [-0.39, 0.29) is 5.91 Å².